The van der Waals surface area contributed by atoms with Crippen molar-refractivity contribution < 1.29 is 0 Å². The molecule has 0 bridgehead atoms. The van der Waals surface area contributed by atoms with Crippen molar-refractivity contribution in [3.05, 3.63) is 34.0 Å². The fourth-order valence-electron chi connectivity index (χ4n) is 3.67. The van der Waals surface area contributed by atoms with Gasteiger partial charge in [-0.25, -0.2) is 14.5 Å². The third kappa shape index (κ3) is 4.24. The number of imidazole rings is 1. The maximum absolute atomic E-state index is 12.7. The monoisotopic (exact) mass is 361 g/mol. The predicted octanol–water partition coefficient (Wildman–Crippen LogP) is 1.04. The van der Waals surface area contributed by atoms with Crippen LogP contribution >= 0.6 is 0 Å². The van der Waals surface area contributed by atoms with Crippen LogP contribution in [0.1, 0.15) is 43.0 Å². The summed E-state index contributed by atoms with van der Waals surface area (Å²) in [5.74, 6) is 2.25. The highest BCUT2D eigenvalue weighted by molar-refractivity contribution is 5.03. The molecule has 3 rings (SSSR count). The zero-order chi connectivity index (χ0) is 18.7. The summed E-state index contributed by atoms with van der Waals surface area (Å²) in [6.07, 6.45) is 4.07. The lowest BCUT2D eigenvalue weighted by atomic mass is 9.97. The first kappa shape index (κ1) is 18.8. The van der Waals surface area contributed by atoms with Crippen molar-refractivity contribution in [2.45, 2.75) is 52.2 Å². The first-order valence-electron chi connectivity index (χ1n) is 9.53. The second kappa shape index (κ2) is 8.18. The highest BCUT2D eigenvalue weighted by atomic mass is 16.2. The zero-order valence-corrected chi connectivity index (χ0v) is 16.4. The number of likely N-dealkylation sites (tertiary alicyclic amines) is 1. The Morgan fingerprint density at radius 1 is 1.38 bits per heavy atom. The van der Waals surface area contributed by atoms with E-state index in [1.807, 2.05) is 38.7 Å². The van der Waals surface area contributed by atoms with Crippen molar-refractivity contribution in [3.8, 4) is 0 Å². The van der Waals surface area contributed by atoms with Gasteiger partial charge in [-0.15, -0.1) is 0 Å². The molecule has 0 amide bonds. The summed E-state index contributed by atoms with van der Waals surface area (Å²) in [5, 5.41) is 4.71. The fourth-order valence-corrected chi connectivity index (χ4v) is 3.67. The third-order valence-corrected chi connectivity index (χ3v) is 5.03. The number of hydrogen-bond acceptors (Lipinski definition) is 5. The van der Waals surface area contributed by atoms with E-state index in [4.69, 9.17) is 5.10 Å². The quantitative estimate of drug-likeness (QED) is 0.797. The molecule has 0 spiro atoms. The second-order valence-corrected chi connectivity index (χ2v) is 7.50. The van der Waals surface area contributed by atoms with Crippen LogP contribution in [-0.2, 0) is 19.6 Å². The normalized spacial score (nSPS) is 18.7. The number of aromatic nitrogens is 5. The SMILES string of the molecule is CCn1c([C@H]2CCCN(Cc3ncc(C)[nH]3)C2)nn(CCN(C)C)c1=O. The molecule has 8 heteroatoms. The minimum atomic E-state index is 0.0168. The Bertz CT molecular complexity index is 773. The molecular weight excluding hydrogens is 330 g/mol. The van der Waals surface area contributed by atoms with Crippen molar-refractivity contribution in [2.75, 3.05) is 33.7 Å². The molecule has 2 aromatic rings. The molecule has 26 heavy (non-hydrogen) atoms. The summed E-state index contributed by atoms with van der Waals surface area (Å²) in [5.41, 5.74) is 1.11. The van der Waals surface area contributed by atoms with Crippen LogP contribution in [0.3, 0.4) is 0 Å². The van der Waals surface area contributed by atoms with Gasteiger partial charge in [0.05, 0.1) is 13.1 Å². The standard InChI is InChI=1S/C18H31N7O/c1-5-24-17(21-25(18(24)26)10-9-22(3)4)15-7-6-8-23(12-15)13-16-19-11-14(2)20-16/h11,15H,5-10,12-13H2,1-4H3,(H,19,20)/t15-/m0/s1. The lowest BCUT2D eigenvalue weighted by Crippen LogP contribution is -2.35. The van der Waals surface area contributed by atoms with Crippen LogP contribution in [0, 0.1) is 6.92 Å². The highest BCUT2D eigenvalue weighted by Gasteiger charge is 2.27. The highest BCUT2D eigenvalue weighted by Crippen LogP contribution is 2.25. The number of rotatable bonds is 7. The molecule has 1 atom stereocenters. The zero-order valence-electron chi connectivity index (χ0n) is 16.4. The van der Waals surface area contributed by atoms with Crippen molar-refractivity contribution >= 4 is 0 Å². The maximum Gasteiger partial charge on any atom is 0.345 e. The van der Waals surface area contributed by atoms with Crippen molar-refractivity contribution in [2.24, 2.45) is 0 Å². The Hall–Kier alpha value is -1.93. The molecule has 1 aliphatic rings. The summed E-state index contributed by atoms with van der Waals surface area (Å²) >= 11 is 0. The number of H-pyrrole nitrogens is 1. The van der Waals surface area contributed by atoms with E-state index in [9.17, 15) is 4.79 Å². The van der Waals surface area contributed by atoms with E-state index in [1.165, 1.54) is 0 Å². The van der Waals surface area contributed by atoms with Gasteiger partial charge in [0.1, 0.15) is 11.6 Å². The number of piperidine rings is 1. The van der Waals surface area contributed by atoms with E-state index in [0.717, 1.165) is 56.4 Å². The molecule has 0 aliphatic carbocycles. The lowest BCUT2D eigenvalue weighted by molar-refractivity contribution is 0.190. The van der Waals surface area contributed by atoms with Crippen LogP contribution < -0.4 is 5.69 Å². The number of hydrogen-bond donors (Lipinski definition) is 1. The van der Waals surface area contributed by atoms with Crippen molar-refractivity contribution in [1.82, 2.24) is 34.1 Å². The summed E-state index contributed by atoms with van der Waals surface area (Å²) in [4.78, 5) is 24.9. The number of nitrogens with one attached hydrogen (secondary N) is 1. The Morgan fingerprint density at radius 2 is 2.19 bits per heavy atom. The van der Waals surface area contributed by atoms with Crippen LogP contribution in [0.15, 0.2) is 11.0 Å². The third-order valence-electron chi connectivity index (χ3n) is 5.03. The Balaban J connectivity index is 1.74. The summed E-state index contributed by atoms with van der Waals surface area (Å²) in [6, 6.07) is 0. The summed E-state index contributed by atoms with van der Waals surface area (Å²) < 4.78 is 3.48. The minimum absolute atomic E-state index is 0.0168. The van der Waals surface area contributed by atoms with Gasteiger partial charge in [-0.1, -0.05) is 0 Å². The molecule has 144 valence electrons. The number of likely N-dealkylation sites (N-methyl/N-ethyl adjacent to an activating group) is 1. The average Bonchev–Trinajstić information content (AvgIpc) is 3.16. The second-order valence-electron chi connectivity index (χ2n) is 7.50. The van der Waals surface area contributed by atoms with Gasteiger partial charge in [0, 0.05) is 37.4 Å². The van der Waals surface area contributed by atoms with Gasteiger partial charge in [-0.3, -0.25) is 9.47 Å². The summed E-state index contributed by atoms with van der Waals surface area (Å²) in [6.45, 7) is 8.97. The Morgan fingerprint density at radius 3 is 2.85 bits per heavy atom. The van der Waals surface area contributed by atoms with Gasteiger partial charge in [-0.05, 0) is 47.3 Å². The van der Waals surface area contributed by atoms with Gasteiger partial charge < -0.3 is 9.88 Å². The molecular formula is C18H31N7O. The first-order valence-corrected chi connectivity index (χ1v) is 9.53. The van der Waals surface area contributed by atoms with E-state index in [-0.39, 0.29) is 5.69 Å². The average molecular weight is 361 g/mol. The molecule has 0 aromatic carbocycles. The van der Waals surface area contributed by atoms with Crippen molar-refractivity contribution in [1.29, 1.82) is 0 Å². The molecule has 2 aromatic heterocycles. The molecule has 0 saturated carbocycles. The van der Waals surface area contributed by atoms with E-state index in [1.54, 1.807) is 4.68 Å². The largest absolute Gasteiger partial charge is 0.345 e. The molecule has 1 fully saturated rings. The van der Waals surface area contributed by atoms with Crippen molar-refractivity contribution in [3.63, 3.8) is 0 Å². The Labute approximate surface area is 154 Å². The van der Waals surface area contributed by atoms with Crippen LogP contribution in [-0.4, -0.2) is 67.8 Å². The number of nitrogens with zero attached hydrogens (tertiary/aromatic N) is 6. The molecule has 0 unspecified atom stereocenters. The van der Waals surface area contributed by atoms with E-state index >= 15 is 0 Å². The first-order chi connectivity index (χ1) is 12.5. The maximum atomic E-state index is 12.7. The summed E-state index contributed by atoms with van der Waals surface area (Å²) in [7, 11) is 4.02. The molecule has 1 N–H and O–H groups in total. The van der Waals surface area contributed by atoms with Gasteiger partial charge in [0.2, 0.25) is 0 Å². The fraction of sp³-hybridized carbons (Fsp3) is 0.722. The molecule has 1 saturated heterocycles. The minimum Gasteiger partial charge on any atom is -0.345 e. The molecule has 8 nitrogen and oxygen atoms in total. The van der Waals surface area contributed by atoms with Gasteiger partial charge in [-0.2, -0.15) is 5.10 Å². The lowest BCUT2D eigenvalue weighted by Gasteiger charge is -2.31. The van der Waals surface area contributed by atoms with E-state index < -0.39 is 0 Å². The molecule has 3 heterocycles. The number of aromatic amines is 1. The van der Waals surface area contributed by atoms with E-state index in [2.05, 4.69) is 19.8 Å². The molecule has 1 aliphatic heterocycles. The van der Waals surface area contributed by atoms with Gasteiger partial charge >= 0.3 is 5.69 Å². The van der Waals surface area contributed by atoms with Crippen LogP contribution in [0.4, 0.5) is 0 Å². The van der Waals surface area contributed by atoms with Gasteiger partial charge in [0.25, 0.3) is 0 Å². The van der Waals surface area contributed by atoms with Crippen LogP contribution in [0.25, 0.3) is 0 Å². The number of aryl methyl sites for hydroxylation is 1. The Kier molecular flexibility index (Phi) is 5.93. The van der Waals surface area contributed by atoms with Crippen LogP contribution in [0.5, 0.6) is 0 Å². The smallest absolute Gasteiger partial charge is 0.345 e. The predicted molar refractivity (Wildman–Crippen MR) is 101 cm³/mol. The van der Waals surface area contributed by atoms with Gasteiger partial charge in [0.15, 0.2) is 0 Å². The van der Waals surface area contributed by atoms with Crippen LogP contribution in [0.2, 0.25) is 0 Å². The topological polar surface area (TPSA) is 75.0 Å². The molecule has 0 radical (unpaired) electrons. The van der Waals surface area contributed by atoms with E-state index in [0.29, 0.717) is 19.0 Å².